The Morgan fingerprint density at radius 2 is 2.12 bits per heavy atom. The average molecular weight is 259 g/mol. The topological polar surface area (TPSA) is 150 Å². The van der Waals surface area contributed by atoms with E-state index >= 15 is 0 Å². The molecule has 0 saturated carbocycles. The lowest BCUT2D eigenvalue weighted by Gasteiger charge is -2.19. The molecule has 0 aromatic carbocycles. The summed E-state index contributed by atoms with van der Waals surface area (Å²) in [6.45, 7) is -0.147. The molecule has 0 saturated heterocycles. The van der Waals surface area contributed by atoms with Crippen LogP contribution in [0.1, 0.15) is 6.42 Å². The van der Waals surface area contributed by atoms with Crippen LogP contribution in [0.2, 0.25) is 0 Å². The quantitative estimate of drug-likeness (QED) is 0.509. The third-order valence-electron chi connectivity index (χ3n) is 2.07. The second kappa shape index (κ2) is 3.77. The minimum atomic E-state index is -4.68. The number of aliphatic imine (C=N–C) groups is 4. The van der Waals surface area contributed by atoms with Gasteiger partial charge in [0.25, 0.3) is 0 Å². The minimum absolute atomic E-state index is 0.0245. The minimum Gasteiger partial charge on any atom is -0.396 e. The molecule has 92 valence electrons. The summed E-state index contributed by atoms with van der Waals surface area (Å²) in [5.41, 5.74) is 5.56. The molecule has 0 aliphatic carbocycles. The second-order valence-corrected chi connectivity index (χ2v) is 4.88. The van der Waals surface area contributed by atoms with Crippen LogP contribution in [0, 0.1) is 0 Å². The van der Waals surface area contributed by atoms with E-state index < -0.39 is 15.2 Å². The highest BCUT2D eigenvalue weighted by atomic mass is 32.2. The van der Waals surface area contributed by atoms with E-state index in [0.29, 0.717) is 5.84 Å². The number of aliphatic hydroxyl groups excluding tert-OH is 1. The Kier molecular flexibility index (Phi) is 2.66. The third-order valence-corrected chi connectivity index (χ3v) is 3.02. The number of nitrogens with zero attached hydrogens (tertiary/aromatic N) is 4. The molecule has 0 fully saturated rings. The predicted octanol–water partition coefficient (Wildman–Crippen LogP) is -1.84. The van der Waals surface area contributed by atoms with Crippen molar-refractivity contribution in [2.24, 2.45) is 25.7 Å². The first-order chi connectivity index (χ1) is 7.86. The van der Waals surface area contributed by atoms with E-state index in [1.807, 2.05) is 0 Å². The van der Waals surface area contributed by atoms with Gasteiger partial charge in [-0.1, -0.05) is 0 Å². The largest absolute Gasteiger partial charge is 0.396 e. The van der Waals surface area contributed by atoms with E-state index in [9.17, 15) is 8.42 Å². The zero-order valence-electron chi connectivity index (χ0n) is 8.48. The molecule has 0 spiro atoms. The first kappa shape index (κ1) is 12.0. The molecule has 2 aliphatic heterocycles. The molecule has 0 aromatic rings. The van der Waals surface area contributed by atoms with Gasteiger partial charge in [-0.05, 0) is 0 Å². The van der Waals surface area contributed by atoms with Crippen molar-refractivity contribution < 1.29 is 18.1 Å². The first-order valence-electron chi connectivity index (χ1n) is 4.54. The number of hydrogen-bond acceptors (Lipinski definition) is 8. The molecule has 1 atom stereocenters. The van der Waals surface area contributed by atoms with Crippen molar-refractivity contribution >= 4 is 33.7 Å². The van der Waals surface area contributed by atoms with Crippen molar-refractivity contribution in [2.75, 3.05) is 6.61 Å². The van der Waals surface area contributed by atoms with Gasteiger partial charge in [0.05, 0.1) is 12.8 Å². The van der Waals surface area contributed by atoms with Crippen molar-refractivity contribution in [3.05, 3.63) is 0 Å². The van der Waals surface area contributed by atoms with Crippen LogP contribution in [-0.2, 0) is 10.1 Å². The normalized spacial score (nSPS) is 27.4. The summed E-state index contributed by atoms with van der Waals surface area (Å²) in [4.78, 5) is 14.8. The first-order valence-corrected chi connectivity index (χ1v) is 5.98. The Hall–Kier alpha value is -1.49. The molecular formula is C7H9N5O4S. The maximum Gasteiger partial charge on any atom is 0.335 e. The summed E-state index contributed by atoms with van der Waals surface area (Å²) in [6, 6.07) is 0. The van der Waals surface area contributed by atoms with E-state index in [0.717, 1.165) is 6.21 Å². The number of rotatable bonds is 3. The van der Waals surface area contributed by atoms with Crippen LogP contribution >= 0.6 is 0 Å². The van der Waals surface area contributed by atoms with Crippen LogP contribution in [0.4, 0.5) is 0 Å². The molecular weight excluding hydrogens is 250 g/mol. The van der Waals surface area contributed by atoms with E-state index in [2.05, 4.69) is 20.0 Å². The van der Waals surface area contributed by atoms with Crippen LogP contribution < -0.4 is 5.73 Å². The van der Waals surface area contributed by atoms with Gasteiger partial charge in [-0.15, -0.1) is 0 Å². The Morgan fingerprint density at radius 1 is 1.41 bits per heavy atom. The van der Waals surface area contributed by atoms with Gasteiger partial charge < -0.3 is 5.11 Å². The van der Waals surface area contributed by atoms with Crippen LogP contribution in [0.25, 0.3) is 0 Å². The highest BCUT2D eigenvalue weighted by Gasteiger charge is 2.42. The van der Waals surface area contributed by atoms with Gasteiger partial charge in [-0.2, -0.15) is 8.42 Å². The molecule has 0 amide bonds. The number of nitrogens with two attached hydrogens (primary N) is 1. The number of fused-ring (bicyclic) bond motifs is 1. The Bertz CT molecular complexity index is 575. The van der Waals surface area contributed by atoms with Crippen molar-refractivity contribution in [3.63, 3.8) is 0 Å². The van der Waals surface area contributed by atoms with Gasteiger partial charge in [0.15, 0.2) is 5.84 Å². The van der Waals surface area contributed by atoms with Gasteiger partial charge >= 0.3 is 15.2 Å². The lowest BCUT2D eigenvalue weighted by atomic mass is 10.3. The standard InChI is InChI=1S/C7H9N5O4S/c8-7(17(14,15)16)9-3-4-6(12-7)11-5(10-4)1-2-13/h3,13H,1-2,8H2,(H,14,15,16). The molecule has 2 aliphatic rings. The number of amidine groups is 2. The molecule has 1 unspecified atom stereocenters. The van der Waals surface area contributed by atoms with Gasteiger partial charge in [0.1, 0.15) is 11.5 Å². The smallest absolute Gasteiger partial charge is 0.335 e. The lowest BCUT2D eigenvalue weighted by molar-refractivity contribution is 0.307. The SMILES string of the molecule is NC1(S(=O)(=O)O)N=CC2=NC(CCO)=NC2=N1. The predicted molar refractivity (Wildman–Crippen MR) is 61.0 cm³/mol. The van der Waals surface area contributed by atoms with Crippen LogP contribution in [0.3, 0.4) is 0 Å². The summed E-state index contributed by atoms with van der Waals surface area (Å²) in [6.07, 6.45) is 1.28. The fraction of sp³-hybridized carbons (Fsp3) is 0.429. The van der Waals surface area contributed by atoms with Crippen molar-refractivity contribution in [2.45, 2.75) is 11.5 Å². The molecule has 2 rings (SSSR count). The van der Waals surface area contributed by atoms with Crippen LogP contribution in [0.15, 0.2) is 20.0 Å². The molecule has 2 heterocycles. The van der Waals surface area contributed by atoms with Crippen molar-refractivity contribution in [1.82, 2.24) is 0 Å². The van der Waals surface area contributed by atoms with Gasteiger partial charge in [-0.25, -0.2) is 20.0 Å². The van der Waals surface area contributed by atoms with Gasteiger partial charge in [-0.3, -0.25) is 10.3 Å². The maximum atomic E-state index is 11.0. The molecule has 17 heavy (non-hydrogen) atoms. The van der Waals surface area contributed by atoms with Crippen LogP contribution in [0.5, 0.6) is 0 Å². The lowest BCUT2D eigenvalue weighted by Crippen LogP contribution is -2.47. The summed E-state index contributed by atoms with van der Waals surface area (Å²) in [7, 11) is -4.68. The highest BCUT2D eigenvalue weighted by molar-refractivity contribution is 7.87. The third kappa shape index (κ3) is 2.02. The fourth-order valence-corrected chi connectivity index (χ4v) is 1.62. The van der Waals surface area contributed by atoms with E-state index in [4.69, 9.17) is 15.4 Å². The zero-order chi connectivity index (χ0) is 12.7. The second-order valence-electron chi connectivity index (χ2n) is 3.33. The van der Waals surface area contributed by atoms with Gasteiger partial charge in [0, 0.05) is 6.42 Å². The van der Waals surface area contributed by atoms with Crippen molar-refractivity contribution in [3.8, 4) is 0 Å². The van der Waals surface area contributed by atoms with Crippen molar-refractivity contribution in [1.29, 1.82) is 0 Å². The number of hydrogen-bond donors (Lipinski definition) is 3. The summed E-state index contributed by atoms with van der Waals surface area (Å²) in [5.74, 6) is 0.274. The molecule has 10 heteroatoms. The molecule has 9 nitrogen and oxygen atoms in total. The molecule has 0 bridgehead atoms. The average Bonchev–Trinajstić information content (AvgIpc) is 2.58. The monoisotopic (exact) mass is 259 g/mol. The van der Waals surface area contributed by atoms with E-state index in [1.165, 1.54) is 0 Å². The van der Waals surface area contributed by atoms with E-state index in [-0.39, 0.29) is 24.6 Å². The summed E-state index contributed by atoms with van der Waals surface area (Å²) < 4.78 is 30.9. The van der Waals surface area contributed by atoms with Gasteiger partial charge in [0.2, 0.25) is 0 Å². The van der Waals surface area contributed by atoms with Crippen LogP contribution in [-0.4, -0.2) is 53.4 Å². The molecule has 0 aromatic heterocycles. The fourth-order valence-electron chi connectivity index (χ4n) is 1.23. The Balaban J connectivity index is 2.41. The maximum absolute atomic E-state index is 11.0. The molecule has 4 N–H and O–H groups in total. The Morgan fingerprint density at radius 3 is 2.71 bits per heavy atom. The summed E-state index contributed by atoms with van der Waals surface area (Å²) >= 11 is 0. The zero-order valence-corrected chi connectivity index (χ0v) is 9.29. The Labute approximate surface area is 96.3 Å². The molecule has 0 radical (unpaired) electrons. The summed E-state index contributed by atoms with van der Waals surface area (Å²) in [5, 5.41) is 6.24. The number of aliphatic hydroxyl groups is 1. The highest BCUT2D eigenvalue weighted by Crippen LogP contribution is 2.19. The van der Waals surface area contributed by atoms with E-state index in [1.54, 1.807) is 0 Å².